The van der Waals surface area contributed by atoms with Crippen LogP contribution in [0.2, 0.25) is 0 Å². The van der Waals surface area contributed by atoms with Gasteiger partial charge in [-0.25, -0.2) is 5.84 Å². The summed E-state index contributed by atoms with van der Waals surface area (Å²) in [6.07, 6.45) is 2.60. The maximum Gasteiger partial charge on any atom is 0.202 e. The summed E-state index contributed by atoms with van der Waals surface area (Å²) in [6, 6.07) is 0. The second-order valence-corrected chi connectivity index (χ2v) is 4.98. The van der Waals surface area contributed by atoms with Gasteiger partial charge in [-0.05, 0) is 6.26 Å². The summed E-state index contributed by atoms with van der Waals surface area (Å²) >= 11 is 1.38. The molecule has 0 aromatic carbocycles. The van der Waals surface area contributed by atoms with Crippen LogP contribution in [0.3, 0.4) is 0 Å². The molecule has 0 bridgehead atoms. The Labute approximate surface area is 93.7 Å². The van der Waals surface area contributed by atoms with Crippen molar-refractivity contribution in [2.75, 3.05) is 6.26 Å². The Kier molecular flexibility index (Phi) is 3.41. The Morgan fingerprint density at radius 3 is 2.53 bits per heavy atom. The zero-order chi connectivity index (χ0) is 11.6. The zero-order valence-electron chi connectivity index (χ0n) is 9.37. The number of allylic oxidation sites excluding steroid dienone is 2. The quantitative estimate of drug-likeness (QED) is 0.514. The van der Waals surface area contributed by atoms with E-state index in [4.69, 9.17) is 5.84 Å². The first-order chi connectivity index (χ1) is 6.91. The Morgan fingerprint density at radius 1 is 1.53 bits per heavy atom. The average Bonchev–Trinajstić information content (AvgIpc) is 2.15. The molecule has 0 saturated heterocycles. The molecule has 0 aliphatic carbocycles. The van der Waals surface area contributed by atoms with Gasteiger partial charge in [0, 0.05) is 5.41 Å². The topological polar surface area (TPSA) is 70.7 Å². The van der Waals surface area contributed by atoms with Gasteiger partial charge in [-0.1, -0.05) is 32.5 Å². The minimum atomic E-state index is -0.193. The largest absolute Gasteiger partial charge is 0.296 e. The van der Waals surface area contributed by atoms with Crippen LogP contribution >= 0.6 is 11.8 Å². The number of thioether (sulfide) groups is 1. The summed E-state index contributed by atoms with van der Waals surface area (Å²) in [5.74, 6) is 5.78. The molecule has 0 aromatic heterocycles. The van der Waals surface area contributed by atoms with Crippen LogP contribution < -0.4 is 11.3 Å². The number of amidine groups is 1. The smallest absolute Gasteiger partial charge is 0.202 e. The number of carbonyl (C=O) groups is 1. The molecule has 84 valence electrons. The lowest BCUT2D eigenvalue weighted by atomic mass is 9.90. The summed E-state index contributed by atoms with van der Waals surface area (Å²) in [4.78, 5) is 11.0. The lowest BCUT2D eigenvalue weighted by Crippen LogP contribution is -2.44. The number of hydrogen-bond donors (Lipinski definition) is 2. The number of nitrogens with one attached hydrogen (secondary N) is 1. The number of nitrogens with two attached hydrogens (primary N) is 1. The summed E-state index contributed by atoms with van der Waals surface area (Å²) in [6.45, 7) is 5.98. The van der Waals surface area contributed by atoms with Crippen molar-refractivity contribution in [3.8, 4) is 0 Å². The van der Waals surface area contributed by atoms with Crippen LogP contribution in [-0.4, -0.2) is 22.7 Å². The third-order valence-electron chi connectivity index (χ3n) is 2.03. The van der Waals surface area contributed by atoms with Crippen molar-refractivity contribution >= 4 is 23.2 Å². The molecule has 1 heterocycles. The first kappa shape index (κ1) is 12.1. The molecule has 0 unspecified atom stereocenters. The predicted molar refractivity (Wildman–Crippen MR) is 62.7 cm³/mol. The number of hydrogen-bond acceptors (Lipinski definition) is 6. The van der Waals surface area contributed by atoms with E-state index in [2.05, 4.69) is 10.5 Å². The number of hydrazone groups is 1. The molecule has 6 heteroatoms. The summed E-state index contributed by atoms with van der Waals surface area (Å²) in [5.41, 5.74) is 3.86. The van der Waals surface area contributed by atoms with Gasteiger partial charge in [-0.2, -0.15) is 0 Å². The van der Waals surface area contributed by atoms with Crippen molar-refractivity contribution in [1.29, 1.82) is 0 Å². The van der Waals surface area contributed by atoms with Crippen molar-refractivity contribution in [3.05, 3.63) is 11.4 Å². The molecule has 1 rings (SSSR count). The van der Waals surface area contributed by atoms with E-state index in [0.29, 0.717) is 10.9 Å². The second kappa shape index (κ2) is 4.24. The average molecular weight is 228 g/mol. The highest BCUT2D eigenvalue weighted by Crippen LogP contribution is 2.28. The maximum atomic E-state index is 11.0. The van der Waals surface area contributed by atoms with Crippen LogP contribution in [0.1, 0.15) is 20.8 Å². The maximum absolute atomic E-state index is 11.0. The minimum absolute atomic E-state index is 0.193. The lowest BCUT2D eigenvalue weighted by molar-refractivity contribution is -0.106. The highest BCUT2D eigenvalue weighted by molar-refractivity contribution is 8.13. The van der Waals surface area contributed by atoms with E-state index in [-0.39, 0.29) is 5.41 Å². The van der Waals surface area contributed by atoms with Gasteiger partial charge in [-0.15, -0.1) is 5.10 Å². The lowest BCUT2D eigenvalue weighted by Gasteiger charge is -2.32. The van der Waals surface area contributed by atoms with Gasteiger partial charge in [0.05, 0.1) is 5.70 Å². The third kappa shape index (κ3) is 2.32. The SMILES string of the molecule is CSC1=NNC(C(C)(C)C)=C(C=O)N1N. The fraction of sp³-hybridized carbons (Fsp3) is 0.556. The Hall–Kier alpha value is -1.01. The van der Waals surface area contributed by atoms with Gasteiger partial charge in [0.15, 0.2) is 6.29 Å². The zero-order valence-corrected chi connectivity index (χ0v) is 10.2. The normalized spacial score (nSPS) is 17.4. The third-order valence-corrected chi connectivity index (χ3v) is 2.68. The molecule has 5 nitrogen and oxygen atoms in total. The molecule has 0 radical (unpaired) electrons. The van der Waals surface area contributed by atoms with E-state index in [0.717, 1.165) is 12.0 Å². The second-order valence-electron chi connectivity index (χ2n) is 4.21. The predicted octanol–water partition coefficient (Wildman–Crippen LogP) is 0.856. The molecule has 0 spiro atoms. The molecular weight excluding hydrogens is 212 g/mol. The fourth-order valence-electron chi connectivity index (χ4n) is 1.25. The van der Waals surface area contributed by atoms with Crippen LogP contribution in [0.25, 0.3) is 0 Å². The highest BCUT2D eigenvalue weighted by Gasteiger charge is 2.28. The van der Waals surface area contributed by atoms with Crippen LogP contribution in [0, 0.1) is 5.41 Å². The van der Waals surface area contributed by atoms with E-state index in [1.165, 1.54) is 16.8 Å². The molecule has 0 aromatic rings. The van der Waals surface area contributed by atoms with E-state index in [9.17, 15) is 4.79 Å². The molecule has 15 heavy (non-hydrogen) atoms. The van der Waals surface area contributed by atoms with Gasteiger partial charge >= 0.3 is 0 Å². The Bertz CT molecular complexity index is 329. The molecule has 0 atom stereocenters. The van der Waals surface area contributed by atoms with Gasteiger partial charge in [0.25, 0.3) is 0 Å². The first-order valence-corrected chi connectivity index (χ1v) is 5.76. The van der Waals surface area contributed by atoms with E-state index >= 15 is 0 Å². The number of hydrazine groups is 1. The van der Waals surface area contributed by atoms with E-state index in [1.54, 1.807) is 0 Å². The summed E-state index contributed by atoms with van der Waals surface area (Å²) in [5, 5.41) is 5.98. The van der Waals surface area contributed by atoms with Crippen LogP contribution in [0.15, 0.2) is 16.5 Å². The minimum Gasteiger partial charge on any atom is -0.296 e. The Balaban J connectivity index is 3.12. The van der Waals surface area contributed by atoms with Crippen molar-refractivity contribution < 1.29 is 4.79 Å². The van der Waals surface area contributed by atoms with Crippen molar-refractivity contribution in [2.45, 2.75) is 20.8 Å². The standard InChI is InChI=1S/C9H16N4OS/c1-9(2,3)7-6(5-14)13(10)8(15-4)12-11-7/h5,11H,10H2,1-4H3. The number of carbonyl (C=O) groups excluding carboxylic acids is 1. The Morgan fingerprint density at radius 2 is 2.13 bits per heavy atom. The monoisotopic (exact) mass is 228 g/mol. The molecule has 1 aliphatic rings. The van der Waals surface area contributed by atoms with Gasteiger partial charge < -0.3 is 0 Å². The van der Waals surface area contributed by atoms with Gasteiger partial charge in [-0.3, -0.25) is 15.2 Å². The van der Waals surface area contributed by atoms with E-state index < -0.39 is 0 Å². The van der Waals surface area contributed by atoms with Crippen molar-refractivity contribution in [2.24, 2.45) is 16.4 Å². The molecule has 1 aliphatic heterocycles. The molecule has 0 saturated carbocycles. The van der Waals surface area contributed by atoms with Crippen LogP contribution in [0.5, 0.6) is 0 Å². The van der Waals surface area contributed by atoms with Gasteiger partial charge in [0.2, 0.25) is 5.17 Å². The summed E-state index contributed by atoms with van der Waals surface area (Å²) in [7, 11) is 0. The van der Waals surface area contributed by atoms with Crippen LogP contribution in [-0.2, 0) is 4.79 Å². The molecule has 3 N–H and O–H groups in total. The van der Waals surface area contributed by atoms with Gasteiger partial charge in [0.1, 0.15) is 5.70 Å². The molecule has 0 fully saturated rings. The van der Waals surface area contributed by atoms with Crippen molar-refractivity contribution in [3.63, 3.8) is 0 Å². The number of aldehydes is 1. The first-order valence-electron chi connectivity index (χ1n) is 4.54. The molecular formula is C9H16N4OS. The molecule has 0 amide bonds. The van der Waals surface area contributed by atoms with E-state index in [1.807, 2.05) is 27.0 Å². The van der Waals surface area contributed by atoms with Crippen LogP contribution in [0.4, 0.5) is 0 Å². The fourth-order valence-corrected chi connectivity index (χ4v) is 1.68. The number of rotatable bonds is 1. The van der Waals surface area contributed by atoms with Crippen molar-refractivity contribution in [1.82, 2.24) is 10.4 Å². The highest BCUT2D eigenvalue weighted by atomic mass is 32.2. The summed E-state index contributed by atoms with van der Waals surface area (Å²) < 4.78 is 0. The number of nitrogens with zero attached hydrogens (tertiary/aromatic N) is 2.